The number of benzene rings is 2. The van der Waals surface area contributed by atoms with Crippen LogP contribution in [0.2, 0.25) is 0 Å². The van der Waals surface area contributed by atoms with Gasteiger partial charge in [-0.15, -0.1) is 0 Å². The van der Waals surface area contributed by atoms with Crippen LogP contribution >= 0.6 is 0 Å². The van der Waals surface area contributed by atoms with Gasteiger partial charge in [0, 0.05) is 0 Å². The van der Waals surface area contributed by atoms with Gasteiger partial charge in [-0.25, -0.2) is 8.78 Å². The van der Waals surface area contributed by atoms with E-state index in [9.17, 15) is 9.18 Å². The Morgan fingerprint density at radius 2 is 1.56 bits per heavy atom. The van der Waals surface area contributed by atoms with Crippen molar-refractivity contribution in [2.75, 3.05) is 7.11 Å². The molecular weight excluding hydrogens is 346 g/mol. The molecule has 0 fully saturated rings. The first-order valence-electron chi connectivity index (χ1n) is 9.20. The summed E-state index contributed by atoms with van der Waals surface area (Å²) in [5.74, 6) is -1.67. The molecule has 0 radical (unpaired) electrons. The van der Waals surface area contributed by atoms with E-state index < -0.39 is 11.6 Å². The zero-order valence-electron chi connectivity index (χ0n) is 16.8. The predicted octanol–water partition coefficient (Wildman–Crippen LogP) is 6.11. The molecule has 0 bridgehead atoms. The fraction of sp³-hybridized carbons (Fsp3) is 0.435. The van der Waals surface area contributed by atoms with Gasteiger partial charge >= 0.3 is 0 Å². The van der Waals surface area contributed by atoms with Crippen LogP contribution in [0, 0.1) is 18.6 Å². The highest BCUT2D eigenvalue weighted by atomic mass is 19.1. The second-order valence-electron chi connectivity index (χ2n) is 8.77. The lowest BCUT2D eigenvalue weighted by atomic mass is 9.62. The summed E-state index contributed by atoms with van der Waals surface area (Å²) < 4.78 is 34.7. The lowest BCUT2D eigenvalue weighted by Crippen LogP contribution is -2.34. The molecule has 0 heterocycles. The lowest BCUT2D eigenvalue weighted by Gasteiger charge is -2.42. The van der Waals surface area contributed by atoms with E-state index in [1.807, 2.05) is 13.0 Å². The van der Waals surface area contributed by atoms with Crippen LogP contribution in [0.5, 0.6) is 5.75 Å². The Bertz CT molecular complexity index is 927. The maximum absolute atomic E-state index is 15.1. The van der Waals surface area contributed by atoms with E-state index in [1.54, 1.807) is 0 Å². The number of rotatable bonds is 3. The minimum atomic E-state index is -0.751. The van der Waals surface area contributed by atoms with Gasteiger partial charge in [0.2, 0.25) is 0 Å². The highest BCUT2D eigenvalue weighted by Gasteiger charge is 2.38. The first-order chi connectivity index (χ1) is 12.5. The number of aryl methyl sites for hydroxylation is 1. The summed E-state index contributed by atoms with van der Waals surface area (Å²) in [6.07, 6.45) is 2.42. The molecule has 27 heavy (non-hydrogen) atoms. The summed E-state index contributed by atoms with van der Waals surface area (Å²) in [4.78, 5) is 11.2. The summed E-state index contributed by atoms with van der Waals surface area (Å²) in [6, 6.07) is 4.92. The molecule has 0 amide bonds. The molecule has 0 aliphatic heterocycles. The topological polar surface area (TPSA) is 26.3 Å². The van der Waals surface area contributed by atoms with Crippen LogP contribution in [-0.4, -0.2) is 13.4 Å². The van der Waals surface area contributed by atoms with Crippen molar-refractivity contribution in [1.29, 1.82) is 0 Å². The second-order valence-corrected chi connectivity index (χ2v) is 8.77. The zero-order valence-corrected chi connectivity index (χ0v) is 16.8. The maximum atomic E-state index is 15.1. The number of hydrogen-bond acceptors (Lipinski definition) is 2. The van der Waals surface area contributed by atoms with Crippen LogP contribution in [0.4, 0.5) is 8.78 Å². The summed E-state index contributed by atoms with van der Waals surface area (Å²) in [5.41, 5.74) is 3.43. The van der Waals surface area contributed by atoms with Crippen LogP contribution in [0.3, 0.4) is 0 Å². The van der Waals surface area contributed by atoms with E-state index in [1.165, 1.54) is 12.7 Å². The van der Waals surface area contributed by atoms with Gasteiger partial charge in [-0.3, -0.25) is 4.79 Å². The van der Waals surface area contributed by atoms with E-state index >= 15 is 4.39 Å². The second kappa shape index (κ2) is 6.43. The van der Waals surface area contributed by atoms with Gasteiger partial charge < -0.3 is 4.74 Å². The van der Waals surface area contributed by atoms with E-state index in [0.29, 0.717) is 11.8 Å². The van der Waals surface area contributed by atoms with E-state index in [4.69, 9.17) is 4.74 Å². The van der Waals surface area contributed by atoms with Gasteiger partial charge in [0.05, 0.1) is 18.2 Å². The highest BCUT2D eigenvalue weighted by Crippen LogP contribution is 2.49. The number of carbonyl (C=O) groups excluding carboxylic acids is 1. The van der Waals surface area contributed by atoms with Gasteiger partial charge in [-0.1, -0.05) is 33.8 Å². The van der Waals surface area contributed by atoms with Crippen molar-refractivity contribution >= 4 is 6.29 Å². The largest absolute Gasteiger partial charge is 0.493 e. The third-order valence-electron chi connectivity index (χ3n) is 6.00. The molecule has 0 spiro atoms. The number of aldehydes is 1. The molecule has 0 aromatic heterocycles. The van der Waals surface area contributed by atoms with Crippen molar-refractivity contribution in [1.82, 2.24) is 0 Å². The average Bonchev–Trinajstić information content (AvgIpc) is 2.60. The summed E-state index contributed by atoms with van der Waals surface area (Å²) in [7, 11) is 1.31. The minimum absolute atomic E-state index is 0.0130. The molecule has 0 saturated carbocycles. The van der Waals surface area contributed by atoms with Crippen molar-refractivity contribution in [2.45, 2.75) is 58.3 Å². The molecule has 1 aliphatic rings. The van der Waals surface area contributed by atoms with Gasteiger partial charge in [0.15, 0.2) is 17.9 Å². The van der Waals surface area contributed by atoms with Crippen molar-refractivity contribution in [3.63, 3.8) is 0 Å². The number of ether oxygens (including phenoxy) is 1. The van der Waals surface area contributed by atoms with E-state index in [0.717, 1.165) is 30.0 Å². The summed E-state index contributed by atoms with van der Waals surface area (Å²) in [5, 5.41) is 0. The maximum Gasteiger partial charge on any atom is 0.166 e. The Kier molecular flexibility index (Phi) is 4.65. The Morgan fingerprint density at radius 3 is 2.07 bits per heavy atom. The summed E-state index contributed by atoms with van der Waals surface area (Å²) >= 11 is 0. The number of carbonyl (C=O) groups is 1. The van der Waals surface area contributed by atoms with Crippen LogP contribution in [0.15, 0.2) is 18.2 Å². The third-order valence-corrected chi connectivity index (χ3v) is 6.00. The smallest absolute Gasteiger partial charge is 0.166 e. The molecular formula is C23H26F2O2. The fourth-order valence-corrected chi connectivity index (χ4v) is 4.15. The first-order valence-corrected chi connectivity index (χ1v) is 9.20. The van der Waals surface area contributed by atoms with Gasteiger partial charge in [0.1, 0.15) is 5.82 Å². The summed E-state index contributed by atoms with van der Waals surface area (Å²) in [6.45, 7) is 10.7. The molecule has 144 valence electrons. The van der Waals surface area contributed by atoms with E-state index in [2.05, 4.69) is 33.8 Å². The van der Waals surface area contributed by atoms with E-state index in [-0.39, 0.29) is 27.7 Å². The molecule has 3 rings (SSSR count). The molecule has 1 aliphatic carbocycles. The molecule has 0 unspecified atom stereocenters. The molecule has 2 aromatic carbocycles. The normalized spacial score (nSPS) is 17.3. The fourth-order valence-electron chi connectivity index (χ4n) is 4.15. The van der Waals surface area contributed by atoms with Crippen molar-refractivity contribution in [2.24, 2.45) is 0 Å². The van der Waals surface area contributed by atoms with Gasteiger partial charge in [0.25, 0.3) is 0 Å². The molecule has 0 saturated heterocycles. The van der Waals surface area contributed by atoms with Gasteiger partial charge in [-0.05, 0) is 65.0 Å². The number of halogens is 2. The Hall–Kier alpha value is -2.23. The third kappa shape index (κ3) is 3.05. The van der Waals surface area contributed by atoms with Crippen molar-refractivity contribution in [3.05, 3.63) is 52.1 Å². The van der Waals surface area contributed by atoms with Crippen molar-refractivity contribution in [3.8, 4) is 16.9 Å². The van der Waals surface area contributed by atoms with Crippen LogP contribution in [0.1, 0.15) is 67.6 Å². The number of methoxy groups -OCH3 is 1. The predicted molar refractivity (Wildman–Crippen MR) is 104 cm³/mol. The zero-order chi connectivity index (χ0) is 20.1. The van der Waals surface area contributed by atoms with Crippen molar-refractivity contribution < 1.29 is 18.3 Å². The Labute approximate surface area is 159 Å². The van der Waals surface area contributed by atoms with Gasteiger partial charge in [-0.2, -0.15) is 0 Å². The number of fused-ring (bicyclic) bond motifs is 1. The minimum Gasteiger partial charge on any atom is -0.493 e. The first kappa shape index (κ1) is 19.5. The lowest BCUT2D eigenvalue weighted by molar-refractivity contribution is 0.111. The SMILES string of the molecule is COc1c(F)cc(C=O)c(F)c1-c1cc2c(cc1C)C(C)(C)CCC2(C)C. The monoisotopic (exact) mass is 372 g/mol. The number of hydrogen-bond donors (Lipinski definition) is 0. The Balaban J connectivity index is 2.39. The molecule has 0 atom stereocenters. The molecule has 4 heteroatoms. The molecule has 0 N–H and O–H groups in total. The highest BCUT2D eigenvalue weighted by molar-refractivity contribution is 5.84. The quantitative estimate of drug-likeness (QED) is 0.608. The Morgan fingerprint density at radius 1 is 1.00 bits per heavy atom. The molecule has 2 aromatic rings. The van der Waals surface area contributed by atoms with Crippen LogP contribution in [0.25, 0.3) is 11.1 Å². The standard InChI is InChI=1S/C23H26F2O2/c1-13-9-16-17(23(4,5)8-7-22(16,2)3)11-15(13)19-20(25)14(12-26)10-18(24)21(19)27-6/h9-12H,7-8H2,1-6H3. The average molecular weight is 372 g/mol. The van der Waals surface area contributed by atoms with Crippen LogP contribution < -0.4 is 4.74 Å². The van der Waals surface area contributed by atoms with Crippen LogP contribution in [-0.2, 0) is 10.8 Å². The molecule has 2 nitrogen and oxygen atoms in total.